The second-order valence-electron chi connectivity index (χ2n) is 2.95. The van der Waals surface area contributed by atoms with Crippen LogP contribution in [0.4, 0.5) is 5.82 Å². The molecule has 2 N–H and O–H groups in total. The van der Waals surface area contributed by atoms with E-state index in [9.17, 15) is 9.59 Å². The lowest BCUT2D eigenvalue weighted by Gasteiger charge is -2.03. The Morgan fingerprint density at radius 2 is 2.06 bits per heavy atom. The molecule has 1 amide bonds. The minimum atomic E-state index is -0.538. The number of halogens is 1. The van der Waals surface area contributed by atoms with E-state index in [4.69, 9.17) is 11.6 Å². The molecule has 8 heteroatoms. The number of anilines is 1. The molecule has 2 aromatic rings. The SMILES string of the molecule is O=C(Nc1nccnc1Cl)c1c[nH]c(=O)cn1. The molecular weight excluding hydrogens is 246 g/mol. The molecule has 0 radical (unpaired) electrons. The molecule has 86 valence electrons. The number of hydrogen-bond acceptors (Lipinski definition) is 5. The number of rotatable bonds is 2. The maximum absolute atomic E-state index is 11.7. The van der Waals surface area contributed by atoms with Crippen molar-refractivity contribution >= 4 is 23.3 Å². The Bertz CT molecular complexity index is 592. The molecule has 2 heterocycles. The largest absolute Gasteiger partial charge is 0.325 e. The molecule has 0 saturated heterocycles. The van der Waals surface area contributed by atoms with Crippen LogP contribution in [0.15, 0.2) is 29.6 Å². The summed E-state index contributed by atoms with van der Waals surface area (Å²) in [6, 6.07) is 0. The number of carbonyl (C=O) groups is 1. The maximum atomic E-state index is 11.7. The smallest absolute Gasteiger partial charge is 0.277 e. The first-order chi connectivity index (χ1) is 8.16. The van der Waals surface area contributed by atoms with Crippen LogP contribution in [0.3, 0.4) is 0 Å². The van der Waals surface area contributed by atoms with Gasteiger partial charge in [0.15, 0.2) is 11.0 Å². The first-order valence-corrected chi connectivity index (χ1v) is 4.87. The fourth-order valence-electron chi connectivity index (χ4n) is 1.04. The molecular formula is C9H6ClN5O2. The van der Waals surface area contributed by atoms with Crippen LogP contribution in [-0.2, 0) is 0 Å². The molecule has 0 aliphatic rings. The quantitative estimate of drug-likeness (QED) is 0.808. The van der Waals surface area contributed by atoms with Crippen LogP contribution in [0, 0.1) is 0 Å². The van der Waals surface area contributed by atoms with E-state index in [0.29, 0.717) is 0 Å². The van der Waals surface area contributed by atoms with Gasteiger partial charge in [-0.1, -0.05) is 11.6 Å². The molecule has 0 saturated carbocycles. The summed E-state index contributed by atoms with van der Waals surface area (Å²) >= 11 is 5.71. The van der Waals surface area contributed by atoms with Crippen molar-refractivity contribution in [1.82, 2.24) is 19.9 Å². The van der Waals surface area contributed by atoms with Crippen molar-refractivity contribution in [3.8, 4) is 0 Å². The zero-order chi connectivity index (χ0) is 12.3. The van der Waals surface area contributed by atoms with Crippen molar-refractivity contribution in [2.45, 2.75) is 0 Å². The van der Waals surface area contributed by atoms with Gasteiger partial charge in [-0.3, -0.25) is 9.59 Å². The van der Waals surface area contributed by atoms with E-state index in [1.165, 1.54) is 18.6 Å². The second kappa shape index (κ2) is 4.71. The highest BCUT2D eigenvalue weighted by atomic mass is 35.5. The third kappa shape index (κ3) is 2.64. The molecule has 2 rings (SSSR count). The molecule has 0 unspecified atom stereocenters. The standard InChI is InChI=1S/C9H6ClN5O2/c10-7-8(12-2-1-11-7)15-9(17)5-3-14-6(16)4-13-5/h1-4H,(H,14,16)(H,12,15,17). The lowest BCUT2D eigenvalue weighted by molar-refractivity contribution is 0.102. The van der Waals surface area contributed by atoms with Crippen molar-refractivity contribution in [2.24, 2.45) is 0 Å². The van der Waals surface area contributed by atoms with Crippen molar-refractivity contribution in [2.75, 3.05) is 5.32 Å². The number of aromatic amines is 1. The van der Waals surface area contributed by atoms with Gasteiger partial charge in [-0.2, -0.15) is 0 Å². The summed E-state index contributed by atoms with van der Waals surface area (Å²) in [5.74, 6) is -0.407. The van der Waals surface area contributed by atoms with E-state index in [0.717, 1.165) is 6.20 Å². The summed E-state index contributed by atoms with van der Waals surface area (Å²) in [5.41, 5.74) is -0.342. The van der Waals surface area contributed by atoms with Gasteiger partial charge < -0.3 is 10.3 Å². The van der Waals surface area contributed by atoms with Crippen LogP contribution in [0.5, 0.6) is 0 Å². The van der Waals surface area contributed by atoms with Crippen LogP contribution >= 0.6 is 11.6 Å². The Hall–Kier alpha value is -2.28. The fraction of sp³-hybridized carbons (Fsp3) is 0. The van der Waals surface area contributed by atoms with Gasteiger partial charge in [0.05, 0.1) is 6.20 Å². The van der Waals surface area contributed by atoms with Gasteiger partial charge in [0.2, 0.25) is 0 Å². The first kappa shape index (κ1) is 11.2. The average Bonchev–Trinajstić information content (AvgIpc) is 2.33. The normalized spacial score (nSPS) is 9.94. The number of nitrogens with zero attached hydrogens (tertiary/aromatic N) is 3. The number of aromatic nitrogens is 4. The maximum Gasteiger partial charge on any atom is 0.277 e. The predicted octanol–water partition coefficient (Wildman–Crippen LogP) is 0.466. The van der Waals surface area contributed by atoms with Gasteiger partial charge in [-0.25, -0.2) is 15.0 Å². The minimum absolute atomic E-state index is 0.0475. The van der Waals surface area contributed by atoms with Gasteiger partial charge in [-0.05, 0) is 0 Å². The average molecular weight is 252 g/mol. The lowest BCUT2D eigenvalue weighted by atomic mass is 10.4. The Morgan fingerprint density at radius 3 is 2.71 bits per heavy atom. The van der Waals surface area contributed by atoms with E-state index in [1.807, 2.05) is 0 Å². The molecule has 0 atom stereocenters. The molecule has 2 aromatic heterocycles. The molecule has 0 bridgehead atoms. The molecule has 0 aliphatic carbocycles. The Kier molecular flexibility index (Phi) is 3.10. The number of amides is 1. The Labute approximate surface area is 99.9 Å². The summed E-state index contributed by atoms with van der Waals surface area (Å²) in [6.45, 7) is 0. The first-order valence-electron chi connectivity index (χ1n) is 4.49. The van der Waals surface area contributed by atoms with Crippen LogP contribution in [0.2, 0.25) is 5.15 Å². The molecule has 0 fully saturated rings. The number of hydrogen-bond donors (Lipinski definition) is 2. The Morgan fingerprint density at radius 1 is 1.29 bits per heavy atom. The van der Waals surface area contributed by atoms with Gasteiger partial charge in [0, 0.05) is 18.6 Å². The zero-order valence-electron chi connectivity index (χ0n) is 8.35. The van der Waals surface area contributed by atoms with Crippen LogP contribution in [-0.4, -0.2) is 25.8 Å². The fourth-order valence-corrected chi connectivity index (χ4v) is 1.20. The molecule has 0 spiro atoms. The Balaban J connectivity index is 2.20. The number of H-pyrrole nitrogens is 1. The van der Waals surface area contributed by atoms with E-state index in [2.05, 4.69) is 25.3 Å². The monoisotopic (exact) mass is 251 g/mol. The number of carbonyl (C=O) groups excluding carboxylic acids is 1. The second-order valence-corrected chi connectivity index (χ2v) is 3.30. The zero-order valence-corrected chi connectivity index (χ0v) is 9.10. The summed E-state index contributed by atoms with van der Waals surface area (Å²) < 4.78 is 0. The van der Waals surface area contributed by atoms with Gasteiger partial charge in [0.1, 0.15) is 5.69 Å². The molecule has 7 nitrogen and oxygen atoms in total. The molecule has 0 aliphatic heterocycles. The van der Waals surface area contributed by atoms with E-state index in [1.54, 1.807) is 0 Å². The third-order valence-corrected chi connectivity index (χ3v) is 2.07. The number of nitrogens with one attached hydrogen (secondary N) is 2. The van der Waals surface area contributed by atoms with E-state index in [-0.39, 0.29) is 22.2 Å². The van der Waals surface area contributed by atoms with Crippen LogP contribution in [0.25, 0.3) is 0 Å². The van der Waals surface area contributed by atoms with Gasteiger partial charge in [0.25, 0.3) is 11.5 Å². The van der Waals surface area contributed by atoms with E-state index >= 15 is 0 Å². The van der Waals surface area contributed by atoms with Crippen molar-refractivity contribution in [1.29, 1.82) is 0 Å². The summed E-state index contributed by atoms with van der Waals surface area (Å²) in [5, 5.41) is 2.49. The highest BCUT2D eigenvalue weighted by Crippen LogP contribution is 2.14. The highest BCUT2D eigenvalue weighted by molar-refractivity contribution is 6.32. The predicted molar refractivity (Wildman–Crippen MR) is 59.9 cm³/mol. The van der Waals surface area contributed by atoms with Crippen molar-refractivity contribution in [3.63, 3.8) is 0 Å². The summed E-state index contributed by atoms with van der Waals surface area (Å²) in [7, 11) is 0. The minimum Gasteiger partial charge on any atom is -0.325 e. The van der Waals surface area contributed by atoms with Crippen LogP contribution in [0.1, 0.15) is 10.5 Å². The van der Waals surface area contributed by atoms with Crippen LogP contribution < -0.4 is 10.9 Å². The molecule has 17 heavy (non-hydrogen) atoms. The van der Waals surface area contributed by atoms with Crippen molar-refractivity contribution in [3.05, 3.63) is 46.0 Å². The van der Waals surface area contributed by atoms with Gasteiger partial charge >= 0.3 is 0 Å². The highest BCUT2D eigenvalue weighted by Gasteiger charge is 2.10. The summed E-state index contributed by atoms with van der Waals surface area (Å²) in [6.07, 6.45) is 4.99. The lowest BCUT2D eigenvalue weighted by Crippen LogP contribution is -2.17. The molecule has 0 aromatic carbocycles. The third-order valence-electron chi connectivity index (χ3n) is 1.79. The topological polar surface area (TPSA) is 101 Å². The summed E-state index contributed by atoms with van der Waals surface area (Å²) in [4.78, 5) is 36.0. The van der Waals surface area contributed by atoms with Crippen molar-refractivity contribution < 1.29 is 4.79 Å². The van der Waals surface area contributed by atoms with E-state index < -0.39 is 5.91 Å². The van der Waals surface area contributed by atoms with Gasteiger partial charge in [-0.15, -0.1) is 0 Å².